The minimum atomic E-state index is -2.79. The van der Waals surface area contributed by atoms with Crippen LogP contribution in [0.2, 0.25) is 0 Å². The number of aromatic amines is 1. The summed E-state index contributed by atoms with van der Waals surface area (Å²) in [6.45, 7) is 1.18. The van der Waals surface area contributed by atoms with Gasteiger partial charge in [0, 0.05) is 36.5 Å². The maximum absolute atomic E-state index is 12.2. The van der Waals surface area contributed by atoms with E-state index in [0.717, 1.165) is 30.9 Å². The number of alkyl halides is 2. The Kier molecular flexibility index (Phi) is 4.36. The summed E-state index contributed by atoms with van der Waals surface area (Å²) in [6.07, 6.45) is 0.984. The van der Waals surface area contributed by atoms with Gasteiger partial charge in [0.15, 0.2) is 0 Å². The molecule has 124 valence electrons. The van der Waals surface area contributed by atoms with Gasteiger partial charge in [-0.25, -0.2) is 0 Å². The number of hydrogen-bond donors (Lipinski definition) is 2. The van der Waals surface area contributed by atoms with Gasteiger partial charge < -0.3 is 15.4 Å². The molecule has 23 heavy (non-hydrogen) atoms. The molecule has 1 aromatic carbocycles. The van der Waals surface area contributed by atoms with Crippen LogP contribution < -0.4 is 15.4 Å². The molecule has 1 aliphatic heterocycles. The second-order valence-corrected chi connectivity index (χ2v) is 5.94. The number of nitrogens with two attached hydrogens (primary N) is 1. The number of nitrogen functional groups attached to an aromatic ring is 1. The van der Waals surface area contributed by atoms with E-state index in [9.17, 15) is 8.78 Å². The molecule has 0 aliphatic carbocycles. The predicted octanol–water partition coefficient (Wildman–Crippen LogP) is 3.22. The topological polar surface area (TPSA) is 67.2 Å². The van der Waals surface area contributed by atoms with E-state index in [2.05, 4.69) is 26.8 Å². The van der Waals surface area contributed by atoms with Crippen molar-refractivity contribution in [2.24, 2.45) is 5.92 Å². The van der Waals surface area contributed by atoms with E-state index < -0.39 is 6.61 Å². The molecule has 2 heterocycles. The van der Waals surface area contributed by atoms with Crippen LogP contribution in [0.3, 0.4) is 0 Å². The number of H-pyrrole nitrogens is 1. The van der Waals surface area contributed by atoms with Crippen LogP contribution >= 0.6 is 0 Å². The Balaban J connectivity index is 1.65. The highest BCUT2D eigenvalue weighted by atomic mass is 19.3. The first-order chi connectivity index (χ1) is 11.0. The van der Waals surface area contributed by atoms with Crippen LogP contribution in [-0.4, -0.2) is 29.9 Å². The molecule has 0 bridgehead atoms. The van der Waals surface area contributed by atoms with Crippen LogP contribution in [0.25, 0.3) is 0 Å². The summed E-state index contributed by atoms with van der Waals surface area (Å²) in [4.78, 5) is 2.26. The van der Waals surface area contributed by atoms with Crippen LogP contribution in [-0.2, 0) is 0 Å². The van der Waals surface area contributed by atoms with E-state index in [-0.39, 0.29) is 5.75 Å². The highest BCUT2D eigenvalue weighted by Crippen LogP contribution is 2.34. The molecule has 2 atom stereocenters. The highest BCUT2D eigenvalue weighted by Gasteiger charge is 2.28. The third-order valence-electron chi connectivity index (χ3n) is 4.35. The largest absolute Gasteiger partial charge is 0.435 e. The third kappa shape index (κ3) is 3.55. The molecule has 1 unspecified atom stereocenters. The number of nitrogens with one attached hydrogen (secondary N) is 1. The molecule has 0 saturated carbocycles. The van der Waals surface area contributed by atoms with Crippen LogP contribution in [0, 0.1) is 5.92 Å². The van der Waals surface area contributed by atoms with Crippen molar-refractivity contribution >= 4 is 11.5 Å². The van der Waals surface area contributed by atoms with E-state index >= 15 is 0 Å². The number of nitrogens with zero attached hydrogens (tertiary/aromatic N) is 2. The number of hydrogen-bond acceptors (Lipinski definition) is 4. The van der Waals surface area contributed by atoms with Crippen molar-refractivity contribution in [1.29, 1.82) is 0 Å². The number of ether oxygens (including phenoxy) is 1. The molecule has 1 aromatic heterocycles. The maximum atomic E-state index is 12.2. The Morgan fingerprint density at radius 1 is 1.35 bits per heavy atom. The molecular weight excluding hydrogens is 302 g/mol. The van der Waals surface area contributed by atoms with Gasteiger partial charge in [0.2, 0.25) is 0 Å². The molecule has 3 N–H and O–H groups in total. The summed E-state index contributed by atoms with van der Waals surface area (Å²) in [6, 6.07) is 8.69. The summed E-state index contributed by atoms with van der Waals surface area (Å²) in [5, 5.41) is 7.01. The standard InChI is InChI=1S/C16H20F2N4O/c1-10-9-22(7-6-13(10)14-8-15(19)21-20-14)11-2-4-12(5-3-11)23-16(17)18/h2-5,8,10,13,16H,6-7,9H2,1H3,(H3,19,20,21)/t10?,13-/m1/s1. The lowest BCUT2D eigenvalue weighted by Gasteiger charge is -2.37. The van der Waals surface area contributed by atoms with Crippen molar-refractivity contribution in [3.8, 4) is 5.75 Å². The zero-order chi connectivity index (χ0) is 16.4. The lowest BCUT2D eigenvalue weighted by atomic mass is 9.84. The van der Waals surface area contributed by atoms with E-state index in [1.54, 1.807) is 12.1 Å². The Bertz CT molecular complexity index is 644. The molecule has 3 rings (SSSR count). The van der Waals surface area contributed by atoms with Crippen molar-refractivity contribution in [2.45, 2.75) is 25.9 Å². The molecule has 0 spiro atoms. The Labute approximate surface area is 133 Å². The van der Waals surface area contributed by atoms with Gasteiger partial charge in [-0.2, -0.15) is 13.9 Å². The first-order valence-electron chi connectivity index (χ1n) is 7.63. The van der Waals surface area contributed by atoms with Gasteiger partial charge in [0.25, 0.3) is 0 Å². The monoisotopic (exact) mass is 322 g/mol. The quantitative estimate of drug-likeness (QED) is 0.907. The van der Waals surface area contributed by atoms with E-state index in [1.807, 2.05) is 18.2 Å². The fourth-order valence-corrected chi connectivity index (χ4v) is 3.22. The summed E-state index contributed by atoms with van der Waals surface area (Å²) < 4.78 is 28.7. The van der Waals surface area contributed by atoms with Gasteiger partial charge in [-0.1, -0.05) is 6.92 Å². The van der Waals surface area contributed by atoms with Crippen molar-refractivity contribution in [3.05, 3.63) is 36.0 Å². The van der Waals surface area contributed by atoms with Crippen LogP contribution in [0.5, 0.6) is 5.75 Å². The molecule has 0 radical (unpaired) electrons. The lowest BCUT2D eigenvalue weighted by molar-refractivity contribution is -0.0498. The second kappa shape index (κ2) is 6.44. The summed E-state index contributed by atoms with van der Waals surface area (Å²) in [5.41, 5.74) is 7.77. The van der Waals surface area contributed by atoms with Crippen LogP contribution in [0.1, 0.15) is 25.0 Å². The minimum Gasteiger partial charge on any atom is -0.435 e. The fraction of sp³-hybridized carbons (Fsp3) is 0.438. The molecular formula is C16H20F2N4O. The van der Waals surface area contributed by atoms with Crippen molar-refractivity contribution in [1.82, 2.24) is 10.2 Å². The first-order valence-corrected chi connectivity index (χ1v) is 7.63. The number of halogens is 2. The molecule has 2 aromatic rings. The SMILES string of the molecule is CC1CN(c2ccc(OC(F)F)cc2)CC[C@H]1c1cc(N)n[nH]1. The molecule has 0 amide bonds. The van der Waals surface area contributed by atoms with Gasteiger partial charge in [-0.05, 0) is 36.6 Å². The fourth-order valence-electron chi connectivity index (χ4n) is 3.22. The molecule has 7 heteroatoms. The third-order valence-corrected chi connectivity index (χ3v) is 4.35. The van der Waals surface area contributed by atoms with Crippen LogP contribution in [0.4, 0.5) is 20.3 Å². The molecule has 5 nitrogen and oxygen atoms in total. The van der Waals surface area contributed by atoms with Crippen molar-refractivity contribution < 1.29 is 13.5 Å². The number of anilines is 2. The highest BCUT2D eigenvalue weighted by molar-refractivity contribution is 5.49. The number of benzene rings is 1. The van der Waals surface area contributed by atoms with E-state index in [0.29, 0.717) is 17.7 Å². The maximum Gasteiger partial charge on any atom is 0.387 e. The zero-order valence-electron chi connectivity index (χ0n) is 12.9. The number of aromatic nitrogens is 2. The normalized spacial score (nSPS) is 21.7. The van der Waals surface area contributed by atoms with Gasteiger partial charge in [-0.15, -0.1) is 0 Å². The minimum absolute atomic E-state index is 0.180. The van der Waals surface area contributed by atoms with E-state index in [1.165, 1.54) is 0 Å². The molecule has 1 aliphatic rings. The summed E-state index contributed by atoms with van der Waals surface area (Å²) >= 11 is 0. The average Bonchev–Trinajstić information content (AvgIpc) is 2.93. The summed E-state index contributed by atoms with van der Waals surface area (Å²) in [5.74, 6) is 1.53. The van der Waals surface area contributed by atoms with Gasteiger partial charge in [-0.3, -0.25) is 5.10 Å². The first kappa shape index (κ1) is 15.6. The Morgan fingerprint density at radius 3 is 2.65 bits per heavy atom. The van der Waals surface area contributed by atoms with Gasteiger partial charge >= 0.3 is 6.61 Å². The van der Waals surface area contributed by atoms with Gasteiger partial charge in [0.1, 0.15) is 11.6 Å². The van der Waals surface area contributed by atoms with E-state index in [4.69, 9.17) is 5.73 Å². The van der Waals surface area contributed by atoms with Gasteiger partial charge in [0.05, 0.1) is 0 Å². The van der Waals surface area contributed by atoms with Crippen LogP contribution in [0.15, 0.2) is 30.3 Å². The Morgan fingerprint density at radius 2 is 2.09 bits per heavy atom. The zero-order valence-corrected chi connectivity index (χ0v) is 12.9. The van der Waals surface area contributed by atoms with Crippen molar-refractivity contribution in [2.75, 3.05) is 23.7 Å². The molecule has 1 fully saturated rings. The average molecular weight is 322 g/mol. The van der Waals surface area contributed by atoms with Crippen molar-refractivity contribution in [3.63, 3.8) is 0 Å². The summed E-state index contributed by atoms with van der Waals surface area (Å²) in [7, 11) is 0. The smallest absolute Gasteiger partial charge is 0.387 e. The lowest BCUT2D eigenvalue weighted by Crippen LogP contribution is -2.38. The predicted molar refractivity (Wildman–Crippen MR) is 84.8 cm³/mol. The second-order valence-electron chi connectivity index (χ2n) is 5.94. The molecule has 1 saturated heterocycles. The number of piperidine rings is 1. The number of rotatable bonds is 4. The Hall–Kier alpha value is -2.31.